The summed E-state index contributed by atoms with van der Waals surface area (Å²) in [5.74, 6) is 0. The van der Waals surface area contributed by atoms with Crippen molar-refractivity contribution in [1.29, 1.82) is 0 Å². The molecule has 0 aliphatic heterocycles. The van der Waals surface area contributed by atoms with Crippen molar-refractivity contribution < 1.29 is 0 Å². The van der Waals surface area contributed by atoms with Crippen molar-refractivity contribution in [2.45, 2.75) is 38.3 Å². The van der Waals surface area contributed by atoms with Crippen LogP contribution in [0.2, 0.25) is 0 Å². The number of nitrogens with one attached hydrogen (secondary N) is 1. The van der Waals surface area contributed by atoms with Crippen LogP contribution in [0.1, 0.15) is 32.2 Å². The normalized spacial score (nSPS) is 17.5. The molecule has 0 amide bonds. The molecule has 90 valence electrons. The highest BCUT2D eigenvalue weighted by Crippen LogP contribution is 2.20. The van der Waals surface area contributed by atoms with Gasteiger partial charge in [0.05, 0.1) is 11.6 Å². The highest BCUT2D eigenvalue weighted by atomic mass is 15.4. The summed E-state index contributed by atoms with van der Waals surface area (Å²) in [4.78, 5) is 0. The van der Waals surface area contributed by atoms with Crippen LogP contribution in [-0.2, 0) is 0 Å². The highest BCUT2D eigenvalue weighted by molar-refractivity contribution is 5.73. The smallest absolute Gasteiger partial charge is 0.113 e. The topological polar surface area (TPSA) is 42.7 Å². The van der Waals surface area contributed by atoms with Gasteiger partial charge in [-0.25, -0.2) is 4.68 Å². The number of para-hydroxylation sites is 1. The molecule has 1 N–H and O–H groups in total. The van der Waals surface area contributed by atoms with Gasteiger partial charge in [-0.15, -0.1) is 5.10 Å². The van der Waals surface area contributed by atoms with Gasteiger partial charge in [-0.2, -0.15) is 0 Å². The molecule has 0 spiro atoms. The number of nitrogens with zero attached hydrogens (tertiary/aromatic N) is 3. The first-order valence-corrected chi connectivity index (χ1v) is 6.38. The van der Waals surface area contributed by atoms with E-state index in [1.54, 1.807) is 0 Å². The van der Waals surface area contributed by atoms with Crippen LogP contribution in [0.25, 0.3) is 11.0 Å². The number of hydrogen-bond acceptors (Lipinski definition) is 3. The molecular formula is C13H18N4. The van der Waals surface area contributed by atoms with Crippen molar-refractivity contribution in [3.63, 3.8) is 0 Å². The molecular weight excluding hydrogens is 212 g/mol. The number of fused-ring (bicyclic) bond motifs is 1. The molecule has 0 bridgehead atoms. The summed E-state index contributed by atoms with van der Waals surface area (Å²) >= 11 is 0. The van der Waals surface area contributed by atoms with Crippen molar-refractivity contribution in [1.82, 2.24) is 20.3 Å². The van der Waals surface area contributed by atoms with Crippen molar-refractivity contribution in [3.05, 3.63) is 24.3 Å². The van der Waals surface area contributed by atoms with Crippen molar-refractivity contribution in [2.75, 3.05) is 6.54 Å². The molecule has 1 aliphatic rings. The molecule has 1 aliphatic carbocycles. The molecule has 4 heteroatoms. The third kappa shape index (κ3) is 2.31. The molecule has 1 atom stereocenters. The van der Waals surface area contributed by atoms with Crippen LogP contribution in [0.15, 0.2) is 24.3 Å². The molecule has 1 saturated carbocycles. The number of hydrogen-bond donors (Lipinski definition) is 1. The molecule has 0 saturated heterocycles. The molecule has 2 aromatic rings. The Bertz CT molecular complexity index is 501. The zero-order valence-electron chi connectivity index (χ0n) is 10.1. The van der Waals surface area contributed by atoms with Crippen LogP contribution in [0, 0.1) is 0 Å². The zero-order chi connectivity index (χ0) is 11.7. The van der Waals surface area contributed by atoms with Gasteiger partial charge in [0.25, 0.3) is 0 Å². The van der Waals surface area contributed by atoms with Crippen molar-refractivity contribution in [3.8, 4) is 0 Å². The van der Waals surface area contributed by atoms with Gasteiger partial charge in [-0.1, -0.05) is 17.3 Å². The van der Waals surface area contributed by atoms with Crippen molar-refractivity contribution in [2.24, 2.45) is 0 Å². The predicted octanol–water partition coefficient (Wildman–Crippen LogP) is 2.13. The fourth-order valence-electron chi connectivity index (χ4n) is 2.12. The fourth-order valence-corrected chi connectivity index (χ4v) is 2.12. The van der Waals surface area contributed by atoms with E-state index in [2.05, 4.69) is 28.6 Å². The lowest BCUT2D eigenvalue weighted by molar-refractivity contribution is 0.444. The summed E-state index contributed by atoms with van der Waals surface area (Å²) in [6.45, 7) is 3.27. The fraction of sp³-hybridized carbons (Fsp3) is 0.538. The van der Waals surface area contributed by atoms with Crippen LogP contribution in [-0.4, -0.2) is 27.6 Å². The molecule has 1 aromatic carbocycles. The second-order valence-electron chi connectivity index (χ2n) is 4.89. The van der Waals surface area contributed by atoms with Crippen LogP contribution in [0.4, 0.5) is 0 Å². The highest BCUT2D eigenvalue weighted by Gasteiger charge is 2.20. The zero-order valence-corrected chi connectivity index (χ0v) is 10.1. The first kappa shape index (κ1) is 10.7. The molecule has 1 aromatic heterocycles. The Morgan fingerprint density at radius 1 is 1.41 bits per heavy atom. The average Bonchev–Trinajstić information content (AvgIpc) is 3.07. The SMILES string of the molecule is CC(CCNC1CC1)n1nnc2ccccc21. The van der Waals surface area contributed by atoms with E-state index in [4.69, 9.17) is 0 Å². The van der Waals surface area contributed by atoms with Gasteiger partial charge in [0.15, 0.2) is 0 Å². The number of aromatic nitrogens is 3. The molecule has 4 nitrogen and oxygen atoms in total. The summed E-state index contributed by atoms with van der Waals surface area (Å²) in [6.07, 6.45) is 3.80. The van der Waals surface area contributed by atoms with Gasteiger partial charge in [-0.3, -0.25) is 0 Å². The third-order valence-electron chi connectivity index (χ3n) is 3.37. The van der Waals surface area contributed by atoms with Gasteiger partial charge in [0.1, 0.15) is 5.52 Å². The number of benzene rings is 1. The van der Waals surface area contributed by atoms with Crippen LogP contribution < -0.4 is 5.32 Å². The second kappa shape index (κ2) is 4.45. The quantitative estimate of drug-likeness (QED) is 0.855. The lowest BCUT2D eigenvalue weighted by Crippen LogP contribution is -2.21. The van der Waals surface area contributed by atoms with Crippen molar-refractivity contribution >= 4 is 11.0 Å². The Morgan fingerprint density at radius 3 is 3.06 bits per heavy atom. The average molecular weight is 230 g/mol. The minimum Gasteiger partial charge on any atom is -0.314 e. The van der Waals surface area contributed by atoms with E-state index < -0.39 is 0 Å². The Kier molecular flexibility index (Phi) is 2.81. The molecule has 1 heterocycles. The van der Waals surface area contributed by atoms with E-state index in [0.717, 1.165) is 30.0 Å². The Hall–Kier alpha value is -1.42. The summed E-state index contributed by atoms with van der Waals surface area (Å²) in [7, 11) is 0. The molecule has 17 heavy (non-hydrogen) atoms. The first-order valence-electron chi connectivity index (χ1n) is 6.38. The Balaban J connectivity index is 1.68. The maximum Gasteiger partial charge on any atom is 0.113 e. The first-order chi connectivity index (χ1) is 8.34. The summed E-state index contributed by atoms with van der Waals surface area (Å²) < 4.78 is 2.03. The van der Waals surface area contributed by atoms with Crippen LogP contribution in [0.3, 0.4) is 0 Å². The summed E-state index contributed by atoms with van der Waals surface area (Å²) in [5, 5.41) is 12.0. The van der Waals surface area contributed by atoms with E-state index in [-0.39, 0.29) is 0 Å². The maximum atomic E-state index is 4.25. The monoisotopic (exact) mass is 230 g/mol. The molecule has 1 unspecified atom stereocenters. The molecule has 1 fully saturated rings. The Morgan fingerprint density at radius 2 is 2.24 bits per heavy atom. The van der Waals surface area contributed by atoms with Crippen LogP contribution in [0.5, 0.6) is 0 Å². The maximum absolute atomic E-state index is 4.25. The van der Waals surface area contributed by atoms with Gasteiger partial charge in [0.2, 0.25) is 0 Å². The largest absolute Gasteiger partial charge is 0.314 e. The predicted molar refractivity (Wildman–Crippen MR) is 67.9 cm³/mol. The van der Waals surface area contributed by atoms with E-state index in [1.165, 1.54) is 12.8 Å². The summed E-state index contributed by atoms with van der Waals surface area (Å²) in [5.41, 5.74) is 2.11. The minimum absolute atomic E-state index is 0.397. The van der Waals surface area contributed by atoms with E-state index >= 15 is 0 Å². The molecule has 0 radical (unpaired) electrons. The second-order valence-corrected chi connectivity index (χ2v) is 4.89. The Labute approximate surface area is 101 Å². The van der Waals surface area contributed by atoms with Gasteiger partial charge in [0, 0.05) is 6.04 Å². The van der Waals surface area contributed by atoms with Crippen LogP contribution >= 0.6 is 0 Å². The lowest BCUT2D eigenvalue weighted by atomic mass is 10.2. The standard InChI is InChI=1S/C13H18N4/c1-10(8-9-14-11-6-7-11)17-13-5-3-2-4-12(13)15-16-17/h2-5,10-11,14H,6-9H2,1H3. The van der Waals surface area contributed by atoms with E-state index in [0.29, 0.717) is 6.04 Å². The third-order valence-corrected chi connectivity index (χ3v) is 3.37. The van der Waals surface area contributed by atoms with Gasteiger partial charge >= 0.3 is 0 Å². The lowest BCUT2D eigenvalue weighted by Gasteiger charge is -2.12. The van der Waals surface area contributed by atoms with E-state index in [1.807, 2.05) is 22.9 Å². The summed E-state index contributed by atoms with van der Waals surface area (Å²) in [6, 6.07) is 9.31. The molecule has 3 rings (SSSR count). The van der Waals surface area contributed by atoms with E-state index in [9.17, 15) is 0 Å². The van der Waals surface area contributed by atoms with Gasteiger partial charge in [-0.05, 0) is 44.9 Å². The number of rotatable bonds is 5. The minimum atomic E-state index is 0.397. The van der Waals surface area contributed by atoms with Gasteiger partial charge < -0.3 is 5.32 Å².